The van der Waals surface area contributed by atoms with E-state index in [0.717, 1.165) is 43.6 Å². The van der Waals surface area contributed by atoms with Crippen LogP contribution in [0, 0.1) is 0 Å². The van der Waals surface area contributed by atoms with Crippen molar-refractivity contribution in [2.24, 2.45) is 0 Å². The maximum Gasteiger partial charge on any atom is 0.434 e. The molecule has 1 fully saturated rings. The summed E-state index contributed by atoms with van der Waals surface area (Å²) in [5, 5.41) is 13.3. The summed E-state index contributed by atoms with van der Waals surface area (Å²) in [6, 6.07) is 13.4. The van der Waals surface area contributed by atoms with Gasteiger partial charge in [-0.25, -0.2) is 14.6 Å². The summed E-state index contributed by atoms with van der Waals surface area (Å²) in [5.41, 5.74) is -1.08. The molecule has 1 aliphatic rings. The average molecular weight is 695 g/mol. The van der Waals surface area contributed by atoms with E-state index in [1.807, 2.05) is 0 Å². The number of methoxy groups -OCH3 is 1. The molecule has 0 spiro atoms. The van der Waals surface area contributed by atoms with Crippen LogP contribution in [0.4, 0.5) is 30.4 Å². The molecule has 6 rings (SSSR count). The number of piperazine rings is 1. The Morgan fingerprint density at radius 3 is 2.37 bits per heavy atom. The molecule has 0 aliphatic carbocycles. The van der Waals surface area contributed by atoms with Gasteiger partial charge in [0.1, 0.15) is 29.4 Å². The first kappa shape index (κ1) is 33.5. The van der Waals surface area contributed by atoms with E-state index in [1.165, 1.54) is 55.9 Å². The number of halogens is 4. The third-order valence-electron chi connectivity index (χ3n) is 7.68. The van der Waals surface area contributed by atoms with Gasteiger partial charge >= 0.3 is 6.18 Å². The molecule has 3 heterocycles. The molecule has 0 radical (unpaired) electrons. The highest BCUT2D eigenvalue weighted by molar-refractivity contribution is 6.33. The van der Waals surface area contributed by atoms with Crippen molar-refractivity contribution in [2.45, 2.75) is 19.5 Å². The summed E-state index contributed by atoms with van der Waals surface area (Å²) < 4.78 is 54.9. The second-order valence-electron chi connectivity index (χ2n) is 11.0. The molecule has 2 amide bonds. The minimum absolute atomic E-state index is 0.0412. The number of rotatable bonds is 9. The Hall–Kier alpha value is -5.41. The van der Waals surface area contributed by atoms with Crippen molar-refractivity contribution in [1.82, 2.24) is 25.1 Å². The van der Waals surface area contributed by atoms with Crippen molar-refractivity contribution in [3.05, 3.63) is 83.4 Å². The minimum Gasteiger partial charge on any atom is -0.497 e. The van der Waals surface area contributed by atoms with Gasteiger partial charge < -0.3 is 30.3 Å². The van der Waals surface area contributed by atoms with Crippen LogP contribution in [-0.4, -0.2) is 64.9 Å². The van der Waals surface area contributed by atoms with Crippen LogP contribution in [0.2, 0.25) is 5.02 Å². The van der Waals surface area contributed by atoms with Crippen LogP contribution in [0.15, 0.2) is 67.1 Å². The molecule has 3 N–H and O–H groups in total. The minimum atomic E-state index is -4.94. The van der Waals surface area contributed by atoms with Crippen LogP contribution in [0.5, 0.6) is 17.2 Å². The molecule has 254 valence electrons. The number of nitrogens with zero attached hydrogens (tertiary/aromatic N) is 5. The molecular formula is C33H30ClF3N8O4. The number of hydrogen-bond donors (Lipinski definition) is 3. The van der Waals surface area contributed by atoms with E-state index in [2.05, 4.69) is 35.9 Å². The zero-order chi connectivity index (χ0) is 34.7. The summed E-state index contributed by atoms with van der Waals surface area (Å²) in [6.45, 7) is 4.81. The number of aromatic nitrogens is 4. The largest absolute Gasteiger partial charge is 0.497 e. The van der Waals surface area contributed by atoms with Gasteiger partial charge in [-0.3, -0.25) is 9.59 Å². The lowest BCUT2D eigenvalue weighted by Gasteiger charge is -2.29. The monoisotopic (exact) mass is 694 g/mol. The van der Waals surface area contributed by atoms with Gasteiger partial charge in [-0.1, -0.05) is 18.5 Å². The van der Waals surface area contributed by atoms with Crippen LogP contribution in [0.3, 0.4) is 0 Å². The zero-order valence-electron chi connectivity index (χ0n) is 26.3. The van der Waals surface area contributed by atoms with Gasteiger partial charge in [0.25, 0.3) is 5.91 Å². The zero-order valence-corrected chi connectivity index (χ0v) is 27.0. The van der Waals surface area contributed by atoms with Crippen molar-refractivity contribution in [3.63, 3.8) is 0 Å². The molecule has 0 saturated carbocycles. The van der Waals surface area contributed by atoms with E-state index >= 15 is 0 Å². The molecule has 2 aromatic heterocycles. The van der Waals surface area contributed by atoms with E-state index in [9.17, 15) is 22.8 Å². The number of hydrogen-bond acceptors (Lipinski definition) is 9. The number of amides is 2. The second kappa shape index (κ2) is 14.0. The van der Waals surface area contributed by atoms with Crippen LogP contribution < -0.4 is 30.3 Å². The van der Waals surface area contributed by atoms with Crippen molar-refractivity contribution in [3.8, 4) is 22.9 Å². The predicted octanol–water partition coefficient (Wildman–Crippen LogP) is 6.30. The number of carbonyl (C=O) groups is 2. The number of alkyl halides is 3. The van der Waals surface area contributed by atoms with Crippen molar-refractivity contribution in [2.75, 3.05) is 48.8 Å². The average Bonchev–Trinajstić information content (AvgIpc) is 3.55. The number of carbonyl (C=O) groups excluding carboxylic acids is 2. The lowest BCUT2D eigenvalue weighted by molar-refractivity contribution is -0.143. The Bertz CT molecular complexity index is 2010. The molecule has 0 bridgehead atoms. The third-order valence-corrected chi connectivity index (χ3v) is 7.98. The highest BCUT2D eigenvalue weighted by Gasteiger charge is 2.40. The molecule has 3 aromatic carbocycles. The van der Waals surface area contributed by atoms with Gasteiger partial charge in [0, 0.05) is 67.6 Å². The van der Waals surface area contributed by atoms with E-state index in [1.54, 1.807) is 19.1 Å². The highest BCUT2D eigenvalue weighted by atomic mass is 35.5. The number of ether oxygens (including phenoxy) is 2. The number of fused-ring (bicyclic) bond motifs is 1. The first-order chi connectivity index (χ1) is 23.5. The van der Waals surface area contributed by atoms with Gasteiger partial charge in [-0.15, -0.1) is 0 Å². The van der Waals surface area contributed by atoms with Crippen LogP contribution in [-0.2, 0) is 11.0 Å². The summed E-state index contributed by atoms with van der Waals surface area (Å²) in [5.74, 6) is 0.104. The standard InChI is InChI=1S/C33H30ClF3N8O4/c1-3-29(46)42-19-12-20(43-32(47)25-17-41-45(30(25)33(35,36)37)21-4-6-22(48-2)7-5-21)14-23(13-19)49-28-16-27-24(15-26(28)34)31(40-18-39-27)44-10-8-38-9-11-44/h4-7,12-18,38H,3,8-11H2,1-2H3,(H,42,46)(H,43,47). The van der Waals surface area contributed by atoms with Crippen LogP contribution in [0.1, 0.15) is 29.4 Å². The fourth-order valence-electron chi connectivity index (χ4n) is 5.33. The Balaban J connectivity index is 1.32. The Morgan fingerprint density at radius 1 is 0.980 bits per heavy atom. The smallest absolute Gasteiger partial charge is 0.434 e. The van der Waals surface area contributed by atoms with Gasteiger partial charge in [0.05, 0.1) is 35.1 Å². The van der Waals surface area contributed by atoms with E-state index < -0.39 is 23.3 Å². The first-order valence-corrected chi connectivity index (χ1v) is 15.6. The van der Waals surface area contributed by atoms with Crippen molar-refractivity contribution >= 4 is 51.5 Å². The lowest BCUT2D eigenvalue weighted by atomic mass is 10.2. The van der Waals surface area contributed by atoms with Crippen LogP contribution in [0.25, 0.3) is 16.6 Å². The molecular weight excluding hydrogens is 665 g/mol. The first-order valence-electron chi connectivity index (χ1n) is 15.2. The normalized spacial score (nSPS) is 13.3. The lowest BCUT2D eigenvalue weighted by Crippen LogP contribution is -2.44. The molecule has 12 nitrogen and oxygen atoms in total. The summed E-state index contributed by atoms with van der Waals surface area (Å²) in [6.07, 6.45) is -2.49. The fourth-order valence-corrected chi connectivity index (χ4v) is 5.54. The highest BCUT2D eigenvalue weighted by Crippen LogP contribution is 2.38. The number of nitrogens with one attached hydrogen (secondary N) is 3. The number of benzene rings is 3. The topological polar surface area (TPSA) is 136 Å². The van der Waals surface area contributed by atoms with Crippen LogP contribution >= 0.6 is 11.6 Å². The predicted molar refractivity (Wildman–Crippen MR) is 178 cm³/mol. The number of anilines is 3. The van der Waals surface area contributed by atoms with E-state index in [-0.39, 0.29) is 45.9 Å². The molecule has 16 heteroatoms. The van der Waals surface area contributed by atoms with Crippen molar-refractivity contribution in [1.29, 1.82) is 0 Å². The maximum absolute atomic E-state index is 14.3. The molecule has 0 unspecified atom stereocenters. The van der Waals surface area contributed by atoms with Gasteiger partial charge in [-0.2, -0.15) is 18.3 Å². The summed E-state index contributed by atoms with van der Waals surface area (Å²) in [7, 11) is 1.43. The molecule has 49 heavy (non-hydrogen) atoms. The Labute approximate surface area is 283 Å². The SMILES string of the molecule is CCC(=O)Nc1cc(NC(=O)c2cnn(-c3ccc(OC)cc3)c2C(F)(F)F)cc(Oc2cc3ncnc(N4CCNCC4)c3cc2Cl)c1. The van der Waals surface area contributed by atoms with E-state index in [4.69, 9.17) is 21.1 Å². The second-order valence-corrected chi connectivity index (χ2v) is 11.4. The van der Waals surface area contributed by atoms with Gasteiger partial charge in [-0.05, 0) is 36.4 Å². The summed E-state index contributed by atoms with van der Waals surface area (Å²) >= 11 is 6.67. The third kappa shape index (κ3) is 7.37. The van der Waals surface area contributed by atoms with Crippen molar-refractivity contribution < 1.29 is 32.2 Å². The van der Waals surface area contributed by atoms with Gasteiger partial charge in [0.15, 0.2) is 5.69 Å². The Kier molecular flexibility index (Phi) is 9.56. The Morgan fingerprint density at radius 2 is 1.69 bits per heavy atom. The summed E-state index contributed by atoms with van der Waals surface area (Å²) in [4.78, 5) is 36.7. The fraction of sp³-hybridized carbons (Fsp3) is 0.242. The molecule has 0 atom stereocenters. The quantitative estimate of drug-likeness (QED) is 0.162. The maximum atomic E-state index is 14.3. The molecule has 1 saturated heterocycles. The molecule has 5 aromatic rings. The molecule has 1 aliphatic heterocycles. The van der Waals surface area contributed by atoms with E-state index in [0.29, 0.717) is 15.9 Å². The van der Waals surface area contributed by atoms with Gasteiger partial charge in [0.2, 0.25) is 5.91 Å².